The molecule has 2 aromatic carbocycles. The molecule has 3 rings (SSSR count). The first-order valence-electron chi connectivity index (χ1n) is 8.61. The highest BCUT2D eigenvalue weighted by molar-refractivity contribution is 9.10. The number of rotatable bonds is 4. The summed E-state index contributed by atoms with van der Waals surface area (Å²) in [6, 6.07) is 14.5. The van der Waals surface area contributed by atoms with Gasteiger partial charge in [-0.25, -0.2) is 12.7 Å². The molecule has 27 heavy (non-hydrogen) atoms. The van der Waals surface area contributed by atoms with E-state index in [1.54, 1.807) is 23.1 Å². The highest BCUT2D eigenvalue weighted by Gasteiger charge is 2.26. The van der Waals surface area contributed by atoms with E-state index in [1.165, 1.54) is 10.6 Å². The molecule has 0 unspecified atom stereocenters. The van der Waals surface area contributed by atoms with E-state index in [0.717, 1.165) is 4.47 Å². The summed E-state index contributed by atoms with van der Waals surface area (Å²) in [5.74, 6) is 0.949. The maximum Gasteiger partial charge on any atom is 0.257 e. The maximum absolute atomic E-state index is 13.1. The number of carbonyl (C=O) groups is 1. The average molecular weight is 453 g/mol. The predicted molar refractivity (Wildman–Crippen MR) is 108 cm³/mol. The van der Waals surface area contributed by atoms with Gasteiger partial charge in [-0.2, -0.15) is 0 Å². The lowest BCUT2D eigenvalue weighted by atomic mass is 10.1. The molecular weight excluding hydrogens is 432 g/mol. The molecule has 1 saturated heterocycles. The number of para-hydroxylation sites is 1. The van der Waals surface area contributed by atoms with Gasteiger partial charge in [0.1, 0.15) is 11.5 Å². The Balaban J connectivity index is 1.79. The topological polar surface area (TPSA) is 66.9 Å². The summed E-state index contributed by atoms with van der Waals surface area (Å²) in [7, 11) is -3.25. The molecule has 1 aliphatic rings. The fraction of sp³-hybridized carbons (Fsp3) is 0.316. The lowest BCUT2D eigenvalue weighted by molar-refractivity contribution is 0.0761. The van der Waals surface area contributed by atoms with E-state index >= 15 is 0 Å². The molecule has 0 N–H and O–H groups in total. The van der Waals surface area contributed by atoms with Gasteiger partial charge in [-0.05, 0) is 36.8 Å². The van der Waals surface area contributed by atoms with Gasteiger partial charge in [-0.15, -0.1) is 0 Å². The smallest absolute Gasteiger partial charge is 0.257 e. The summed E-state index contributed by atoms with van der Waals surface area (Å²) in [5.41, 5.74) is 0.463. The summed E-state index contributed by atoms with van der Waals surface area (Å²) < 4.78 is 31.8. The van der Waals surface area contributed by atoms with E-state index in [0.29, 0.717) is 49.7 Å². The summed E-state index contributed by atoms with van der Waals surface area (Å²) in [5, 5.41) is 0. The predicted octanol–water partition coefficient (Wildman–Crippen LogP) is 3.35. The summed E-state index contributed by atoms with van der Waals surface area (Å²) in [6.45, 7) is 1.60. The molecule has 0 spiro atoms. The van der Waals surface area contributed by atoms with Gasteiger partial charge in [0.2, 0.25) is 10.0 Å². The minimum atomic E-state index is -3.25. The summed E-state index contributed by atoms with van der Waals surface area (Å²) in [6.07, 6.45) is 1.80. The number of nitrogens with zero attached hydrogens (tertiary/aromatic N) is 2. The van der Waals surface area contributed by atoms with Crippen molar-refractivity contribution >= 4 is 31.9 Å². The van der Waals surface area contributed by atoms with E-state index in [4.69, 9.17) is 4.74 Å². The van der Waals surface area contributed by atoms with Crippen molar-refractivity contribution in [2.45, 2.75) is 6.42 Å². The molecule has 0 atom stereocenters. The number of amides is 1. The van der Waals surface area contributed by atoms with Crippen molar-refractivity contribution in [3.63, 3.8) is 0 Å². The van der Waals surface area contributed by atoms with Crippen molar-refractivity contribution in [1.82, 2.24) is 9.21 Å². The van der Waals surface area contributed by atoms with Crippen LogP contribution in [0.3, 0.4) is 0 Å². The third-order valence-electron chi connectivity index (χ3n) is 4.35. The lowest BCUT2D eigenvalue weighted by Crippen LogP contribution is -2.37. The Bertz CT molecular complexity index is 933. The molecule has 1 fully saturated rings. The van der Waals surface area contributed by atoms with Crippen LogP contribution >= 0.6 is 15.9 Å². The van der Waals surface area contributed by atoms with Crippen molar-refractivity contribution in [3.8, 4) is 11.5 Å². The van der Waals surface area contributed by atoms with Crippen molar-refractivity contribution in [2.75, 3.05) is 32.4 Å². The van der Waals surface area contributed by atoms with Crippen LogP contribution in [0.4, 0.5) is 0 Å². The molecule has 1 aliphatic heterocycles. The fourth-order valence-corrected chi connectivity index (χ4v) is 4.24. The van der Waals surface area contributed by atoms with Crippen LogP contribution in [0.15, 0.2) is 53.0 Å². The first-order chi connectivity index (χ1) is 12.8. The quantitative estimate of drug-likeness (QED) is 0.713. The SMILES string of the molecule is CS(=O)(=O)N1CCCN(C(=O)c2ccccc2Oc2cccc(Br)c2)CC1. The van der Waals surface area contributed by atoms with Crippen LogP contribution < -0.4 is 4.74 Å². The molecule has 2 aromatic rings. The number of hydrogen-bond donors (Lipinski definition) is 0. The van der Waals surface area contributed by atoms with Crippen LogP contribution in [-0.4, -0.2) is 56.0 Å². The standard InChI is InChI=1S/C19H21BrN2O4S/c1-27(24,25)22-11-5-10-21(12-13-22)19(23)17-8-2-3-9-18(17)26-16-7-4-6-15(20)14-16/h2-4,6-9,14H,5,10-13H2,1H3. The second-order valence-electron chi connectivity index (χ2n) is 6.36. The van der Waals surface area contributed by atoms with Gasteiger partial charge >= 0.3 is 0 Å². The summed E-state index contributed by atoms with van der Waals surface area (Å²) in [4.78, 5) is 14.7. The van der Waals surface area contributed by atoms with Crippen LogP contribution in [-0.2, 0) is 10.0 Å². The van der Waals surface area contributed by atoms with E-state index in [1.807, 2.05) is 30.3 Å². The normalized spacial score (nSPS) is 16.0. The van der Waals surface area contributed by atoms with Crippen molar-refractivity contribution in [2.24, 2.45) is 0 Å². The molecule has 1 heterocycles. The second-order valence-corrected chi connectivity index (χ2v) is 9.26. The number of sulfonamides is 1. The zero-order valence-corrected chi connectivity index (χ0v) is 17.4. The monoisotopic (exact) mass is 452 g/mol. The van der Waals surface area contributed by atoms with Gasteiger partial charge in [0, 0.05) is 30.7 Å². The van der Waals surface area contributed by atoms with Crippen LogP contribution in [0, 0.1) is 0 Å². The molecule has 0 saturated carbocycles. The molecule has 0 bridgehead atoms. The Hall–Kier alpha value is -1.90. The molecule has 0 radical (unpaired) electrons. The van der Waals surface area contributed by atoms with Crippen molar-refractivity contribution in [3.05, 3.63) is 58.6 Å². The zero-order valence-electron chi connectivity index (χ0n) is 15.0. The largest absolute Gasteiger partial charge is 0.456 e. The molecule has 6 nitrogen and oxygen atoms in total. The van der Waals surface area contributed by atoms with E-state index < -0.39 is 10.0 Å². The Kier molecular flexibility index (Phi) is 6.18. The van der Waals surface area contributed by atoms with Gasteiger partial charge in [-0.1, -0.05) is 34.1 Å². The number of halogens is 1. The minimum Gasteiger partial charge on any atom is -0.456 e. The molecule has 0 aromatic heterocycles. The zero-order chi connectivity index (χ0) is 19.4. The number of hydrogen-bond acceptors (Lipinski definition) is 4. The Morgan fingerprint density at radius 1 is 1.04 bits per heavy atom. The average Bonchev–Trinajstić information content (AvgIpc) is 2.88. The lowest BCUT2D eigenvalue weighted by Gasteiger charge is -2.22. The molecule has 144 valence electrons. The minimum absolute atomic E-state index is 0.157. The van der Waals surface area contributed by atoms with Crippen LogP contribution in [0.2, 0.25) is 0 Å². The van der Waals surface area contributed by atoms with Gasteiger partial charge in [0.05, 0.1) is 11.8 Å². The van der Waals surface area contributed by atoms with Crippen LogP contribution in [0.5, 0.6) is 11.5 Å². The number of carbonyl (C=O) groups excluding carboxylic acids is 1. The molecule has 8 heteroatoms. The third kappa shape index (κ3) is 5.09. The number of benzene rings is 2. The second kappa shape index (κ2) is 8.41. The maximum atomic E-state index is 13.1. The number of ether oxygens (including phenoxy) is 1. The first-order valence-corrected chi connectivity index (χ1v) is 11.3. The van der Waals surface area contributed by atoms with Gasteiger partial charge in [-0.3, -0.25) is 4.79 Å². The summed E-state index contributed by atoms with van der Waals surface area (Å²) >= 11 is 3.41. The Morgan fingerprint density at radius 3 is 2.56 bits per heavy atom. The van der Waals surface area contributed by atoms with Crippen molar-refractivity contribution < 1.29 is 17.9 Å². The molecule has 1 amide bonds. The van der Waals surface area contributed by atoms with E-state index in [9.17, 15) is 13.2 Å². The van der Waals surface area contributed by atoms with E-state index in [2.05, 4.69) is 15.9 Å². The highest BCUT2D eigenvalue weighted by atomic mass is 79.9. The Morgan fingerprint density at radius 2 is 1.81 bits per heavy atom. The van der Waals surface area contributed by atoms with E-state index in [-0.39, 0.29) is 5.91 Å². The first kappa shape index (κ1) is 19.9. The van der Waals surface area contributed by atoms with Gasteiger partial charge < -0.3 is 9.64 Å². The van der Waals surface area contributed by atoms with Crippen molar-refractivity contribution in [1.29, 1.82) is 0 Å². The third-order valence-corrected chi connectivity index (χ3v) is 6.15. The van der Waals surface area contributed by atoms with Gasteiger partial charge in [0.25, 0.3) is 5.91 Å². The molecular formula is C19H21BrN2O4S. The highest BCUT2D eigenvalue weighted by Crippen LogP contribution is 2.28. The molecule has 0 aliphatic carbocycles. The van der Waals surface area contributed by atoms with Crippen LogP contribution in [0.1, 0.15) is 16.8 Å². The Labute approximate surface area is 167 Å². The van der Waals surface area contributed by atoms with Gasteiger partial charge in [0.15, 0.2) is 0 Å². The van der Waals surface area contributed by atoms with Crippen LogP contribution in [0.25, 0.3) is 0 Å². The fourth-order valence-electron chi connectivity index (χ4n) is 2.99.